The molecule has 0 atom stereocenters. The molecular formula is C16H12ClF2NO3. The summed E-state index contributed by atoms with van der Waals surface area (Å²) < 4.78 is 30.6. The van der Waals surface area contributed by atoms with Crippen LogP contribution in [0.2, 0.25) is 5.02 Å². The molecule has 2 aromatic rings. The van der Waals surface area contributed by atoms with Gasteiger partial charge in [-0.25, -0.2) is 13.6 Å². The maximum Gasteiger partial charge on any atom is 0.338 e. The molecule has 120 valence electrons. The molecule has 0 aliphatic rings. The number of nitrogens with one attached hydrogen (secondary N) is 1. The lowest BCUT2D eigenvalue weighted by atomic mass is 10.2. The van der Waals surface area contributed by atoms with Crippen molar-refractivity contribution >= 4 is 23.5 Å². The summed E-state index contributed by atoms with van der Waals surface area (Å²) in [5.74, 6) is -2.42. The van der Waals surface area contributed by atoms with E-state index in [0.717, 1.165) is 12.1 Å². The van der Waals surface area contributed by atoms with E-state index in [4.69, 9.17) is 16.3 Å². The molecule has 2 rings (SSSR count). The molecule has 0 spiro atoms. The first-order valence-electron chi connectivity index (χ1n) is 6.59. The highest BCUT2D eigenvalue weighted by atomic mass is 35.5. The maximum atomic E-state index is 13.0. The molecule has 4 nitrogen and oxygen atoms in total. The van der Waals surface area contributed by atoms with Crippen molar-refractivity contribution < 1.29 is 23.1 Å². The van der Waals surface area contributed by atoms with Gasteiger partial charge in [0.2, 0.25) is 0 Å². The molecule has 0 aromatic heterocycles. The van der Waals surface area contributed by atoms with Gasteiger partial charge in [-0.2, -0.15) is 0 Å². The molecule has 0 radical (unpaired) electrons. The first-order valence-corrected chi connectivity index (χ1v) is 6.97. The number of halogens is 3. The molecular weight excluding hydrogens is 328 g/mol. The second kappa shape index (κ2) is 7.69. The molecule has 1 N–H and O–H groups in total. The molecule has 0 saturated heterocycles. The molecule has 0 bridgehead atoms. The summed E-state index contributed by atoms with van der Waals surface area (Å²) in [6.45, 7) is -0.455. The molecule has 2 aromatic carbocycles. The molecule has 7 heteroatoms. The number of amides is 1. The zero-order chi connectivity index (χ0) is 16.8. The van der Waals surface area contributed by atoms with E-state index >= 15 is 0 Å². The molecule has 0 unspecified atom stereocenters. The Bertz CT molecular complexity index is 737. The quantitative estimate of drug-likeness (QED) is 0.852. The van der Waals surface area contributed by atoms with Gasteiger partial charge in [0.05, 0.1) is 5.56 Å². The molecule has 0 heterocycles. The van der Waals surface area contributed by atoms with Crippen LogP contribution in [0.3, 0.4) is 0 Å². The second-order valence-electron chi connectivity index (χ2n) is 4.60. The van der Waals surface area contributed by atoms with Crippen molar-refractivity contribution in [3.05, 3.63) is 70.2 Å². The van der Waals surface area contributed by atoms with Crippen LogP contribution < -0.4 is 5.32 Å². The van der Waals surface area contributed by atoms with Gasteiger partial charge in [-0.3, -0.25) is 4.79 Å². The number of benzene rings is 2. The van der Waals surface area contributed by atoms with Crippen molar-refractivity contribution in [3.8, 4) is 0 Å². The number of hydrogen-bond acceptors (Lipinski definition) is 3. The zero-order valence-corrected chi connectivity index (χ0v) is 12.6. The molecule has 0 aliphatic carbocycles. The topological polar surface area (TPSA) is 55.4 Å². The smallest absolute Gasteiger partial charge is 0.338 e. The van der Waals surface area contributed by atoms with Gasteiger partial charge in [-0.1, -0.05) is 23.7 Å². The van der Waals surface area contributed by atoms with Crippen molar-refractivity contribution in [3.63, 3.8) is 0 Å². The van der Waals surface area contributed by atoms with Gasteiger partial charge in [-0.05, 0) is 35.9 Å². The summed E-state index contributed by atoms with van der Waals surface area (Å²) in [5.41, 5.74) is 0.539. The molecule has 0 aliphatic heterocycles. The van der Waals surface area contributed by atoms with Crippen molar-refractivity contribution in [2.24, 2.45) is 0 Å². The minimum Gasteiger partial charge on any atom is -0.452 e. The molecule has 0 saturated carbocycles. The van der Waals surface area contributed by atoms with Crippen molar-refractivity contribution in [2.45, 2.75) is 6.54 Å². The largest absolute Gasteiger partial charge is 0.452 e. The third-order valence-electron chi connectivity index (χ3n) is 2.89. The van der Waals surface area contributed by atoms with Gasteiger partial charge in [0.25, 0.3) is 5.91 Å². The Kier molecular flexibility index (Phi) is 5.65. The van der Waals surface area contributed by atoms with E-state index in [1.165, 1.54) is 30.3 Å². The Morgan fingerprint density at radius 3 is 2.52 bits per heavy atom. The van der Waals surface area contributed by atoms with Crippen LogP contribution in [0.5, 0.6) is 0 Å². The van der Waals surface area contributed by atoms with Crippen molar-refractivity contribution in [1.29, 1.82) is 0 Å². The van der Waals surface area contributed by atoms with Crippen molar-refractivity contribution in [2.75, 3.05) is 6.61 Å². The van der Waals surface area contributed by atoms with E-state index in [0.29, 0.717) is 5.56 Å². The number of carbonyl (C=O) groups excluding carboxylic acids is 2. The summed E-state index contributed by atoms with van der Waals surface area (Å²) in [6.07, 6.45) is 0. The van der Waals surface area contributed by atoms with Gasteiger partial charge in [0.15, 0.2) is 6.61 Å². The van der Waals surface area contributed by atoms with E-state index in [1.54, 1.807) is 0 Å². The van der Waals surface area contributed by atoms with Crippen LogP contribution in [-0.4, -0.2) is 18.5 Å². The fraction of sp³-hybridized carbons (Fsp3) is 0.125. The average Bonchev–Trinajstić information content (AvgIpc) is 2.51. The monoisotopic (exact) mass is 339 g/mol. The fourth-order valence-corrected chi connectivity index (χ4v) is 1.97. The van der Waals surface area contributed by atoms with E-state index < -0.39 is 30.1 Å². The van der Waals surface area contributed by atoms with Crippen molar-refractivity contribution in [1.82, 2.24) is 5.32 Å². The van der Waals surface area contributed by atoms with Crippen LogP contribution in [-0.2, 0) is 16.1 Å². The van der Waals surface area contributed by atoms with Crippen LogP contribution in [0.1, 0.15) is 15.9 Å². The lowest BCUT2D eigenvalue weighted by Crippen LogP contribution is -2.28. The molecule has 23 heavy (non-hydrogen) atoms. The lowest BCUT2D eigenvalue weighted by molar-refractivity contribution is -0.124. The highest BCUT2D eigenvalue weighted by Crippen LogP contribution is 2.16. The average molecular weight is 340 g/mol. The SMILES string of the molecule is O=C(COC(=O)c1cccc(F)c1)NCc1ccc(F)cc1Cl. The Labute approximate surface area is 136 Å². The molecule has 0 fully saturated rings. The molecule has 1 amide bonds. The van der Waals surface area contributed by atoms with E-state index in [2.05, 4.69) is 5.32 Å². The van der Waals surface area contributed by atoms with Crippen LogP contribution in [0.25, 0.3) is 0 Å². The minimum absolute atomic E-state index is 0.0133. The summed E-state index contributed by atoms with van der Waals surface area (Å²) in [5, 5.41) is 2.66. The van der Waals surface area contributed by atoms with Crippen LogP contribution >= 0.6 is 11.6 Å². The predicted octanol–water partition coefficient (Wildman–Crippen LogP) is 3.09. The van der Waals surface area contributed by atoms with E-state index in [9.17, 15) is 18.4 Å². The number of hydrogen-bond donors (Lipinski definition) is 1. The minimum atomic E-state index is -0.806. The van der Waals surface area contributed by atoms with Gasteiger partial charge >= 0.3 is 5.97 Å². The first kappa shape index (κ1) is 16.9. The van der Waals surface area contributed by atoms with E-state index in [-0.39, 0.29) is 17.1 Å². The standard InChI is InChI=1S/C16H12ClF2NO3/c17-14-7-13(19)5-4-11(14)8-20-15(21)9-23-16(22)10-2-1-3-12(18)6-10/h1-7H,8-9H2,(H,20,21). The summed E-state index contributed by atoms with van der Waals surface area (Å²) in [4.78, 5) is 23.3. The zero-order valence-electron chi connectivity index (χ0n) is 11.8. The van der Waals surface area contributed by atoms with Gasteiger partial charge < -0.3 is 10.1 Å². The Hall–Kier alpha value is -2.47. The first-order chi connectivity index (χ1) is 11.0. The summed E-state index contributed by atoms with van der Waals surface area (Å²) in [6, 6.07) is 8.74. The maximum absolute atomic E-state index is 13.0. The van der Waals surface area contributed by atoms with Crippen LogP contribution in [0.15, 0.2) is 42.5 Å². The third-order valence-corrected chi connectivity index (χ3v) is 3.24. The van der Waals surface area contributed by atoms with Gasteiger partial charge in [0.1, 0.15) is 11.6 Å². The Morgan fingerprint density at radius 1 is 1.09 bits per heavy atom. The number of esters is 1. The highest BCUT2D eigenvalue weighted by Gasteiger charge is 2.11. The number of rotatable bonds is 5. The fourth-order valence-electron chi connectivity index (χ4n) is 1.74. The highest BCUT2D eigenvalue weighted by molar-refractivity contribution is 6.31. The number of ether oxygens (including phenoxy) is 1. The van der Waals surface area contributed by atoms with Gasteiger partial charge in [0, 0.05) is 11.6 Å². The Morgan fingerprint density at radius 2 is 1.83 bits per heavy atom. The van der Waals surface area contributed by atoms with Crippen LogP contribution in [0, 0.1) is 11.6 Å². The van der Waals surface area contributed by atoms with E-state index in [1.807, 2.05) is 0 Å². The summed E-state index contributed by atoms with van der Waals surface area (Å²) >= 11 is 5.82. The normalized spacial score (nSPS) is 10.2. The number of carbonyl (C=O) groups is 2. The van der Waals surface area contributed by atoms with Crippen LogP contribution in [0.4, 0.5) is 8.78 Å². The third kappa shape index (κ3) is 5.03. The van der Waals surface area contributed by atoms with Gasteiger partial charge in [-0.15, -0.1) is 0 Å². The Balaban J connectivity index is 1.82. The lowest BCUT2D eigenvalue weighted by Gasteiger charge is -2.08. The summed E-state index contributed by atoms with van der Waals surface area (Å²) in [7, 11) is 0. The second-order valence-corrected chi connectivity index (χ2v) is 5.01. The predicted molar refractivity (Wildman–Crippen MR) is 79.9 cm³/mol.